The molecule has 0 spiro atoms. The Kier molecular flexibility index (Phi) is 3.77. The minimum atomic E-state index is 0.738. The number of nitrogens with one attached hydrogen (secondary N) is 1. The quantitative estimate of drug-likeness (QED) is 0.840. The van der Waals surface area contributed by atoms with Gasteiger partial charge in [0, 0.05) is 21.9 Å². The van der Waals surface area contributed by atoms with Crippen LogP contribution in [0.4, 0.5) is 17.1 Å². The number of nitrogen functional groups attached to an aromatic ring is 1. The fraction of sp³-hybridized carbons (Fsp3) is 0.143. The summed E-state index contributed by atoms with van der Waals surface area (Å²) in [5.74, 6) is 0.808. The first-order chi connectivity index (χ1) is 8.60. The number of hydrogen-bond acceptors (Lipinski definition) is 3. The SMILES string of the molecule is COc1ccc(Br)c(Nc2cc(N)ccc2C)c1. The summed E-state index contributed by atoms with van der Waals surface area (Å²) in [7, 11) is 1.65. The average molecular weight is 307 g/mol. The van der Waals surface area contributed by atoms with Crippen molar-refractivity contribution in [3.8, 4) is 5.75 Å². The summed E-state index contributed by atoms with van der Waals surface area (Å²) in [5.41, 5.74) is 9.61. The Morgan fingerprint density at radius 2 is 1.89 bits per heavy atom. The number of halogens is 1. The summed E-state index contributed by atoms with van der Waals surface area (Å²) in [6.45, 7) is 2.04. The predicted octanol–water partition coefficient (Wildman–Crippen LogP) is 4.09. The molecule has 0 unspecified atom stereocenters. The van der Waals surface area contributed by atoms with Crippen LogP contribution in [0.3, 0.4) is 0 Å². The van der Waals surface area contributed by atoms with E-state index in [9.17, 15) is 0 Å². The molecule has 2 aromatic rings. The van der Waals surface area contributed by atoms with E-state index in [0.717, 1.165) is 32.8 Å². The van der Waals surface area contributed by atoms with Crippen molar-refractivity contribution in [2.45, 2.75) is 6.92 Å². The molecule has 0 heterocycles. The summed E-state index contributed by atoms with van der Waals surface area (Å²) in [4.78, 5) is 0. The molecule has 0 saturated carbocycles. The summed E-state index contributed by atoms with van der Waals surface area (Å²) in [6.07, 6.45) is 0. The van der Waals surface area contributed by atoms with Crippen molar-refractivity contribution in [3.63, 3.8) is 0 Å². The van der Waals surface area contributed by atoms with Crippen LogP contribution in [-0.2, 0) is 0 Å². The number of anilines is 3. The van der Waals surface area contributed by atoms with Gasteiger partial charge in [0.15, 0.2) is 0 Å². The van der Waals surface area contributed by atoms with Gasteiger partial charge >= 0.3 is 0 Å². The zero-order valence-electron chi connectivity index (χ0n) is 10.3. The van der Waals surface area contributed by atoms with Crippen LogP contribution < -0.4 is 15.8 Å². The van der Waals surface area contributed by atoms with Gasteiger partial charge in [0.2, 0.25) is 0 Å². The third-order valence-corrected chi connectivity index (χ3v) is 3.40. The molecule has 0 bridgehead atoms. The van der Waals surface area contributed by atoms with Crippen molar-refractivity contribution in [3.05, 3.63) is 46.4 Å². The van der Waals surface area contributed by atoms with E-state index in [2.05, 4.69) is 21.2 Å². The maximum absolute atomic E-state index is 5.80. The van der Waals surface area contributed by atoms with Crippen molar-refractivity contribution in [1.29, 1.82) is 0 Å². The van der Waals surface area contributed by atoms with Gasteiger partial charge in [-0.1, -0.05) is 6.07 Å². The Hall–Kier alpha value is -1.68. The second-order valence-electron chi connectivity index (χ2n) is 4.05. The lowest BCUT2D eigenvalue weighted by atomic mass is 10.1. The fourth-order valence-corrected chi connectivity index (χ4v) is 1.99. The molecule has 0 aliphatic rings. The van der Waals surface area contributed by atoms with Gasteiger partial charge in [0.1, 0.15) is 5.75 Å². The van der Waals surface area contributed by atoms with Gasteiger partial charge in [-0.05, 0) is 52.7 Å². The first-order valence-corrected chi connectivity index (χ1v) is 6.36. The van der Waals surface area contributed by atoms with Gasteiger partial charge in [-0.3, -0.25) is 0 Å². The Morgan fingerprint density at radius 3 is 2.61 bits per heavy atom. The van der Waals surface area contributed by atoms with Gasteiger partial charge in [-0.25, -0.2) is 0 Å². The van der Waals surface area contributed by atoms with Gasteiger partial charge in [-0.15, -0.1) is 0 Å². The number of rotatable bonds is 3. The van der Waals surface area contributed by atoms with Crippen molar-refractivity contribution >= 4 is 33.0 Å². The predicted molar refractivity (Wildman–Crippen MR) is 79.6 cm³/mol. The van der Waals surface area contributed by atoms with E-state index in [1.807, 2.05) is 43.3 Å². The number of nitrogens with two attached hydrogens (primary N) is 1. The minimum Gasteiger partial charge on any atom is -0.497 e. The first kappa shape index (κ1) is 12.8. The van der Waals surface area contributed by atoms with Gasteiger partial charge < -0.3 is 15.8 Å². The molecule has 0 aromatic heterocycles. The van der Waals surface area contributed by atoms with Crippen LogP contribution >= 0.6 is 15.9 Å². The molecule has 0 aliphatic heterocycles. The van der Waals surface area contributed by atoms with E-state index < -0.39 is 0 Å². The summed E-state index contributed by atoms with van der Waals surface area (Å²) in [5, 5.41) is 3.35. The van der Waals surface area contributed by atoms with Crippen LogP contribution in [0, 0.1) is 6.92 Å². The van der Waals surface area contributed by atoms with E-state index in [1.165, 1.54) is 0 Å². The van der Waals surface area contributed by atoms with Crippen LogP contribution in [0.5, 0.6) is 5.75 Å². The highest BCUT2D eigenvalue weighted by molar-refractivity contribution is 9.10. The van der Waals surface area contributed by atoms with Crippen LogP contribution in [0.25, 0.3) is 0 Å². The number of hydrogen-bond donors (Lipinski definition) is 2. The Bertz CT molecular complexity index is 570. The molecule has 3 nitrogen and oxygen atoms in total. The zero-order valence-corrected chi connectivity index (χ0v) is 11.9. The highest BCUT2D eigenvalue weighted by Crippen LogP contribution is 2.31. The van der Waals surface area contributed by atoms with E-state index >= 15 is 0 Å². The minimum absolute atomic E-state index is 0.738. The van der Waals surface area contributed by atoms with E-state index in [0.29, 0.717) is 0 Å². The lowest BCUT2D eigenvalue weighted by Gasteiger charge is -2.13. The van der Waals surface area contributed by atoms with E-state index in [1.54, 1.807) is 7.11 Å². The maximum Gasteiger partial charge on any atom is 0.121 e. The van der Waals surface area contributed by atoms with Crippen molar-refractivity contribution < 1.29 is 4.74 Å². The molecule has 0 aliphatic carbocycles. The molecule has 0 fully saturated rings. The summed E-state index contributed by atoms with van der Waals surface area (Å²) in [6, 6.07) is 11.6. The third-order valence-electron chi connectivity index (χ3n) is 2.70. The highest BCUT2D eigenvalue weighted by Gasteiger charge is 2.05. The third kappa shape index (κ3) is 2.76. The molecule has 18 heavy (non-hydrogen) atoms. The molecule has 2 aromatic carbocycles. The van der Waals surface area contributed by atoms with Crippen LogP contribution in [0.1, 0.15) is 5.56 Å². The molecule has 2 rings (SSSR count). The number of methoxy groups -OCH3 is 1. The highest BCUT2D eigenvalue weighted by atomic mass is 79.9. The number of benzene rings is 2. The first-order valence-electron chi connectivity index (χ1n) is 5.57. The molecule has 0 amide bonds. The van der Waals surface area contributed by atoms with Gasteiger partial charge in [0.05, 0.1) is 12.8 Å². The fourth-order valence-electron chi connectivity index (χ4n) is 1.65. The molecule has 0 saturated heterocycles. The topological polar surface area (TPSA) is 47.3 Å². The molecule has 0 radical (unpaired) electrons. The second-order valence-corrected chi connectivity index (χ2v) is 4.90. The molecule has 0 atom stereocenters. The Morgan fingerprint density at radius 1 is 1.11 bits per heavy atom. The lowest BCUT2D eigenvalue weighted by Crippen LogP contribution is -1.96. The molecular formula is C14H15BrN2O. The average Bonchev–Trinajstić information content (AvgIpc) is 2.36. The molecule has 94 valence electrons. The second kappa shape index (κ2) is 5.31. The standard InChI is InChI=1S/C14H15BrN2O/c1-9-3-4-10(16)7-13(9)17-14-8-11(18-2)5-6-12(14)15/h3-8,17H,16H2,1-2H3. The van der Waals surface area contributed by atoms with Crippen molar-refractivity contribution in [1.82, 2.24) is 0 Å². The molecular weight excluding hydrogens is 292 g/mol. The van der Waals surface area contributed by atoms with E-state index in [-0.39, 0.29) is 0 Å². The lowest BCUT2D eigenvalue weighted by molar-refractivity contribution is 0.415. The van der Waals surface area contributed by atoms with Gasteiger partial charge in [0.25, 0.3) is 0 Å². The normalized spacial score (nSPS) is 10.2. The van der Waals surface area contributed by atoms with Crippen molar-refractivity contribution in [2.75, 3.05) is 18.2 Å². The largest absolute Gasteiger partial charge is 0.497 e. The number of aryl methyl sites for hydroxylation is 1. The monoisotopic (exact) mass is 306 g/mol. The molecule has 4 heteroatoms. The zero-order chi connectivity index (χ0) is 13.1. The van der Waals surface area contributed by atoms with Crippen LogP contribution in [0.15, 0.2) is 40.9 Å². The van der Waals surface area contributed by atoms with E-state index in [4.69, 9.17) is 10.5 Å². The van der Waals surface area contributed by atoms with Crippen molar-refractivity contribution in [2.24, 2.45) is 0 Å². The Labute approximate surface area is 115 Å². The molecule has 3 N–H and O–H groups in total. The Balaban J connectivity index is 2.36. The number of ether oxygens (including phenoxy) is 1. The maximum atomic E-state index is 5.80. The van der Waals surface area contributed by atoms with Crippen LogP contribution in [0.2, 0.25) is 0 Å². The van der Waals surface area contributed by atoms with Crippen LogP contribution in [-0.4, -0.2) is 7.11 Å². The van der Waals surface area contributed by atoms with Gasteiger partial charge in [-0.2, -0.15) is 0 Å². The summed E-state index contributed by atoms with van der Waals surface area (Å²) < 4.78 is 6.19. The summed E-state index contributed by atoms with van der Waals surface area (Å²) >= 11 is 3.51. The smallest absolute Gasteiger partial charge is 0.121 e.